The lowest BCUT2D eigenvalue weighted by Gasteiger charge is -2.17. The van der Waals surface area contributed by atoms with Gasteiger partial charge in [-0.05, 0) is 30.5 Å². The second-order valence-corrected chi connectivity index (χ2v) is 4.69. The Hall–Kier alpha value is -1.35. The number of hydrogen-bond donors (Lipinski definition) is 2. The van der Waals surface area contributed by atoms with Crippen LogP contribution in [0.15, 0.2) is 18.2 Å². The molecule has 1 aromatic rings. The highest BCUT2D eigenvalue weighted by Gasteiger charge is 2.19. The van der Waals surface area contributed by atoms with Crippen LogP contribution in [-0.2, 0) is 6.54 Å². The van der Waals surface area contributed by atoms with Gasteiger partial charge in [0.2, 0.25) is 0 Å². The molecule has 0 radical (unpaired) electrons. The summed E-state index contributed by atoms with van der Waals surface area (Å²) in [4.78, 5) is 2.44. The first-order valence-electron chi connectivity index (χ1n) is 5.81. The number of nitrogens with zero attached hydrogens (tertiary/aromatic N) is 1. The van der Waals surface area contributed by atoms with E-state index in [1.54, 1.807) is 0 Å². The highest BCUT2D eigenvalue weighted by atomic mass is 15.1. The van der Waals surface area contributed by atoms with Gasteiger partial charge in [-0.1, -0.05) is 19.1 Å². The smallest absolute Gasteiger partial charge is 0.0406 e. The van der Waals surface area contributed by atoms with Crippen molar-refractivity contribution in [3.8, 4) is 0 Å². The predicted octanol–water partition coefficient (Wildman–Crippen LogP) is 2.11. The Morgan fingerprint density at radius 2 is 2.38 bits per heavy atom. The van der Waals surface area contributed by atoms with Crippen LogP contribution in [0.25, 0.3) is 0 Å². The summed E-state index contributed by atoms with van der Waals surface area (Å²) in [5, 5.41) is 7.42. The first kappa shape index (κ1) is 11.1. The van der Waals surface area contributed by atoms with Crippen LogP contribution in [-0.4, -0.2) is 24.2 Å². The summed E-state index contributed by atoms with van der Waals surface area (Å²) in [6, 6.07) is 5.90. The first-order valence-corrected chi connectivity index (χ1v) is 5.81. The van der Waals surface area contributed by atoms with E-state index in [-0.39, 0.29) is 0 Å². The third-order valence-corrected chi connectivity index (χ3v) is 3.28. The molecule has 0 aliphatic carbocycles. The molecule has 0 amide bonds. The van der Waals surface area contributed by atoms with Crippen LogP contribution in [0.1, 0.15) is 24.5 Å². The second-order valence-electron chi connectivity index (χ2n) is 4.69. The molecule has 1 aromatic carbocycles. The van der Waals surface area contributed by atoms with E-state index in [4.69, 9.17) is 11.1 Å². The summed E-state index contributed by atoms with van der Waals surface area (Å²) >= 11 is 0. The Kier molecular flexibility index (Phi) is 3.25. The van der Waals surface area contributed by atoms with E-state index in [0.29, 0.717) is 5.69 Å². The first-order chi connectivity index (χ1) is 7.70. The Morgan fingerprint density at radius 1 is 1.56 bits per heavy atom. The van der Waals surface area contributed by atoms with Crippen molar-refractivity contribution in [1.29, 1.82) is 5.41 Å². The molecular weight excluding hydrogens is 198 g/mol. The number of benzene rings is 1. The lowest BCUT2D eigenvalue weighted by Crippen LogP contribution is -2.20. The third kappa shape index (κ3) is 2.25. The van der Waals surface area contributed by atoms with Gasteiger partial charge in [-0.2, -0.15) is 0 Å². The van der Waals surface area contributed by atoms with Crippen LogP contribution in [0.3, 0.4) is 0 Å². The van der Waals surface area contributed by atoms with Crippen molar-refractivity contribution in [3.05, 3.63) is 29.3 Å². The molecule has 16 heavy (non-hydrogen) atoms. The molecule has 3 heteroatoms. The van der Waals surface area contributed by atoms with Gasteiger partial charge in [0.15, 0.2) is 0 Å². The van der Waals surface area contributed by atoms with E-state index in [9.17, 15) is 0 Å². The van der Waals surface area contributed by atoms with Gasteiger partial charge in [-0.25, -0.2) is 0 Å². The Labute approximate surface area is 96.8 Å². The molecule has 0 saturated carbocycles. The molecular formula is C13H19N3. The third-order valence-electron chi connectivity index (χ3n) is 3.28. The fourth-order valence-corrected chi connectivity index (χ4v) is 2.36. The van der Waals surface area contributed by atoms with Crippen LogP contribution >= 0.6 is 0 Å². The minimum atomic E-state index is 0.708. The molecule has 86 valence electrons. The Morgan fingerprint density at radius 3 is 3.00 bits per heavy atom. The maximum Gasteiger partial charge on any atom is 0.0406 e. The molecule has 1 aliphatic rings. The van der Waals surface area contributed by atoms with Crippen LogP contribution in [0.4, 0.5) is 5.69 Å². The molecule has 0 spiro atoms. The van der Waals surface area contributed by atoms with Crippen LogP contribution in [0.5, 0.6) is 0 Å². The van der Waals surface area contributed by atoms with E-state index >= 15 is 0 Å². The average molecular weight is 217 g/mol. The number of rotatable bonds is 3. The van der Waals surface area contributed by atoms with Crippen molar-refractivity contribution >= 4 is 11.9 Å². The Bertz CT molecular complexity index is 387. The summed E-state index contributed by atoms with van der Waals surface area (Å²) in [5.41, 5.74) is 8.62. The summed E-state index contributed by atoms with van der Waals surface area (Å²) in [7, 11) is 0. The number of nitrogens with two attached hydrogens (primary N) is 1. The van der Waals surface area contributed by atoms with Gasteiger partial charge in [-0.15, -0.1) is 0 Å². The van der Waals surface area contributed by atoms with Crippen molar-refractivity contribution in [2.45, 2.75) is 19.9 Å². The average Bonchev–Trinajstić information content (AvgIpc) is 2.64. The predicted molar refractivity (Wildman–Crippen MR) is 67.8 cm³/mol. The molecule has 0 bridgehead atoms. The molecule has 0 unspecified atom stereocenters. The van der Waals surface area contributed by atoms with Crippen molar-refractivity contribution in [3.63, 3.8) is 0 Å². The normalized spacial score (nSPS) is 21.2. The standard InChI is InChI=1S/C13H19N3/c1-10-5-6-16(8-10)9-11-3-2-4-13(15)12(11)7-14/h2-4,7,10,14H,5-6,8-9,15H2,1H3/t10-/m1/s1. The SMILES string of the molecule is C[C@@H]1CCN(Cc2cccc(N)c2C=N)C1. The monoisotopic (exact) mass is 217 g/mol. The summed E-state index contributed by atoms with van der Waals surface area (Å²) in [6.45, 7) is 5.52. The minimum absolute atomic E-state index is 0.708. The van der Waals surface area contributed by atoms with Gasteiger partial charge in [0, 0.05) is 30.6 Å². The van der Waals surface area contributed by atoms with Crippen molar-refractivity contribution in [1.82, 2.24) is 4.90 Å². The molecule has 1 heterocycles. The van der Waals surface area contributed by atoms with Crippen LogP contribution in [0, 0.1) is 11.3 Å². The second kappa shape index (κ2) is 4.66. The quantitative estimate of drug-likeness (QED) is 0.602. The summed E-state index contributed by atoms with van der Waals surface area (Å²) in [5.74, 6) is 0.796. The van der Waals surface area contributed by atoms with E-state index in [1.807, 2.05) is 12.1 Å². The number of nitrogen functional groups attached to an aromatic ring is 1. The van der Waals surface area contributed by atoms with E-state index in [1.165, 1.54) is 18.2 Å². The lowest BCUT2D eigenvalue weighted by atomic mass is 10.1. The minimum Gasteiger partial charge on any atom is -0.398 e. The zero-order valence-corrected chi connectivity index (χ0v) is 9.74. The largest absolute Gasteiger partial charge is 0.398 e. The van der Waals surface area contributed by atoms with E-state index in [2.05, 4.69) is 17.9 Å². The van der Waals surface area contributed by atoms with Crippen molar-refractivity contribution in [2.75, 3.05) is 18.8 Å². The maximum absolute atomic E-state index is 7.42. The molecule has 2 rings (SSSR count). The van der Waals surface area contributed by atoms with Crippen molar-refractivity contribution in [2.24, 2.45) is 5.92 Å². The number of anilines is 1. The fraction of sp³-hybridized carbons (Fsp3) is 0.462. The molecule has 3 N–H and O–H groups in total. The van der Waals surface area contributed by atoms with Gasteiger partial charge < -0.3 is 11.1 Å². The zero-order valence-electron chi connectivity index (χ0n) is 9.74. The highest BCUT2D eigenvalue weighted by molar-refractivity contribution is 5.86. The van der Waals surface area contributed by atoms with Crippen LogP contribution < -0.4 is 5.73 Å². The molecule has 1 aliphatic heterocycles. The van der Waals surface area contributed by atoms with Gasteiger partial charge in [0.25, 0.3) is 0 Å². The maximum atomic E-state index is 7.42. The van der Waals surface area contributed by atoms with E-state index < -0.39 is 0 Å². The van der Waals surface area contributed by atoms with Crippen LogP contribution in [0.2, 0.25) is 0 Å². The van der Waals surface area contributed by atoms with Gasteiger partial charge >= 0.3 is 0 Å². The zero-order chi connectivity index (χ0) is 11.5. The van der Waals surface area contributed by atoms with Crippen molar-refractivity contribution < 1.29 is 0 Å². The van der Waals surface area contributed by atoms with Gasteiger partial charge in [0.1, 0.15) is 0 Å². The number of hydrogen-bond acceptors (Lipinski definition) is 3. The topological polar surface area (TPSA) is 53.1 Å². The number of likely N-dealkylation sites (tertiary alicyclic amines) is 1. The molecule has 1 fully saturated rings. The molecule has 1 atom stereocenters. The summed E-state index contributed by atoms with van der Waals surface area (Å²) < 4.78 is 0. The fourth-order valence-electron chi connectivity index (χ4n) is 2.36. The lowest BCUT2D eigenvalue weighted by molar-refractivity contribution is 0.320. The molecule has 3 nitrogen and oxygen atoms in total. The Balaban J connectivity index is 2.15. The highest BCUT2D eigenvalue weighted by Crippen LogP contribution is 2.21. The molecule has 1 saturated heterocycles. The number of nitrogens with one attached hydrogen (secondary N) is 1. The van der Waals surface area contributed by atoms with Gasteiger partial charge in [-0.3, -0.25) is 4.90 Å². The summed E-state index contributed by atoms with van der Waals surface area (Å²) in [6.07, 6.45) is 2.65. The van der Waals surface area contributed by atoms with Gasteiger partial charge in [0.05, 0.1) is 0 Å². The molecule has 0 aromatic heterocycles. The van der Waals surface area contributed by atoms with E-state index in [0.717, 1.165) is 31.1 Å².